The van der Waals surface area contributed by atoms with Gasteiger partial charge in [-0.15, -0.1) is 11.8 Å². The number of rotatable bonds is 4. The lowest BCUT2D eigenvalue weighted by atomic mass is 10.2. The van der Waals surface area contributed by atoms with Gasteiger partial charge in [0, 0.05) is 17.2 Å². The maximum atomic E-state index is 12.5. The van der Waals surface area contributed by atoms with E-state index in [0.29, 0.717) is 11.7 Å². The second kappa shape index (κ2) is 6.93. The average molecular weight is 371 g/mol. The van der Waals surface area contributed by atoms with Crippen LogP contribution in [0.1, 0.15) is 0 Å². The van der Waals surface area contributed by atoms with Crippen LogP contribution in [0.15, 0.2) is 47.4 Å². The number of aromatic nitrogens is 1. The number of nitrogens with zero attached hydrogens (tertiary/aromatic N) is 2. The molecule has 0 atom stereocenters. The Labute approximate surface area is 154 Å². The van der Waals surface area contributed by atoms with Crippen LogP contribution in [0.25, 0.3) is 10.2 Å². The number of thioether (sulfide) groups is 1. The van der Waals surface area contributed by atoms with Gasteiger partial charge in [-0.2, -0.15) is 0 Å². The van der Waals surface area contributed by atoms with E-state index in [2.05, 4.69) is 27.3 Å². The van der Waals surface area contributed by atoms with E-state index in [4.69, 9.17) is 4.74 Å². The fourth-order valence-electron chi connectivity index (χ4n) is 2.81. The zero-order valence-corrected chi connectivity index (χ0v) is 15.3. The Balaban J connectivity index is 1.48. The number of benzene rings is 2. The number of amides is 1. The molecule has 0 spiro atoms. The molecule has 7 heteroatoms. The SMILES string of the molecule is COc1ccc2nc(NC(=O)CN3CCSc4ccccc43)sc2c1. The van der Waals surface area contributed by atoms with Gasteiger partial charge in [-0.3, -0.25) is 4.79 Å². The predicted octanol–water partition coefficient (Wildman–Crippen LogP) is 3.86. The highest BCUT2D eigenvalue weighted by Crippen LogP contribution is 2.34. The summed E-state index contributed by atoms with van der Waals surface area (Å²) < 4.78 is 6.22. The summed E-state index contributed by atoms with van der Waals surface area (Å²) in [7, 11) is 1.64. The molecule has 128 valence electrons. The molecule has 1 aliphatic heterocycles. The Hall–Kier alpha value is -2.25. The summed E-state index contributed by atoms with van der Waals surface area (Å²) in [6.45, 7) is 1.20. The molecule has 0 radical (unpaired) electrons. The topological polar surface area (TPSA) is 54.5 Å². The number of anilines is 2. The lowest BCUT2D eigenvalue weighted by molar-refractivity contribution is -0.115. The smallest absolute Gasteiger partial charge is 0.245 e. The first kappa shape index (κ1) is 16.2. The molecule has 5 nitrogen and oxygen atoms in total. The van der Waals surface area contributed by atoms with Crippen LogP contribution in [-0.4, -0.2) is 36.8 Å². The maximum absolute atomic E-state index is 12.5. The molecule has 1 aromatic heterocycles. The number of thiazole rings is 1. The molecule has 0 saturated heterocycles. The number of fused-ring (bicyclic) bond motifs is 2. The molecule has 1 aliphatic rings. The Bertz CT molecular complexity index is 926. The van der Waals surface area contributed by atoms with E-state index in [0.717, 1.165) is 34.0 Å². The highest BCUT2D eigenvalue weighted by molar-refractivity contribution is 7.99. The van der Waals surface area contributed by atoms with Crippen LogP contribution in [0.4, 0.5) is 10.8 Å². The molecule has 1 N–H and O–H groups in total. The Morgan fingerprint density at radius 3 is 3.08 bits per heavy atom. The van der Waals surface area contributed by atoms with Crippen molar-refractivity contribution in [3.05, 3.63) is 42.5 Å². The number of hydrogen-bond acceptors (Lipinski definition) is 6. The van der Waals surface area contributed by atoms with Gasteiger partial charge in [0.1, 0.15) is 5.75 Å². The standard InChI is InChI=1S/C18H17N3O2S2/c1-23-12-6-7-13-16(10-12)25-18(19-13)20-17(22)11-21-8-9-24-15-5-3-2-4-14(15)21/h2-7,10H,8-9,11H2,1H3,(H,19,20,22). The summed E-state index contributed by atoms with van der Waals surface area (Å²) in [6.07, 6.45) is 0. The van der Waals surface area contributed by atoms with Gasteiger partial charge in [0.25, 0.3) is 0 Å². The molecule has 2 heterocycles. The number of nitrogens with one attached hydrogen (secondary N) is 1. The summed E-state index contributed by atoms with van der Waals surface area (Å²) in [4.78, 5) is 20.3. The van der Waals surface area contributed by atoms with Crippen molar-refractivity contribution in [3.63, 3.8) is 0 Å². The third kappa shape index (κ3) is 3.43. The number of carbonyl (C=O) groups excluding carboxylic acids is 1. The van der Waals surface area contributed by atoms with E-state index in [1.54, 1.807) is 7.11 Å². The molecule has 4 rings (SSSR count). The highest BCUT2D eigenvalue weighted by Gasteiger charge is 2.19. The first-order chi connectivity index (χ1) is 12.2. The van der Waals surface area contributed by atoms with Crippen LogP contribution in [0, 0.1) is 0 Å². The minimum absolute atomic E-state index is 0.0484. The molecule has 0 aliphatic carbocycles. The molecular weight excluding hydrogens is 354 g/mol. The van der Waals surface area contributed by atoms with Gasteiger partial charge < -0.3 is 15.0 Å². The molecule has 1 amide bonds. The van der Waals surface area contributed by atoms with E-state index in [1.165, 1.54) is 16.2 Å². The quantitative estimate of drug-likeness (QED) is 0.755. The Kier molecular flexibility index (Phi) is 4.50. The molecule has 2 aromatic carbocycles. The van der Waals surface area contributed by atoms with E-state index in [1.807, 2.05) is 42.1 Å². The molecule has 25 heavy (non-hydrogen) atoms. The van der Waals surface area contributed by atoms with Gasteiger partial charge in [-0.25, -0.2) is 4.98 Å². The van der Waals surface area contributed by atoms with Gasteiger partial charge in [0.2, 0.25) is 5.91 Å². The van der Waals surface area contributed by atoms with Crippen LogP contribution >= 0.6 is 23.1 Å². The summed E-state index contributed by atoms with van der Waals surface area (Å²) in [6, 6.07) is 13.9. The maximum Gasteiger partial charge on any atom is 0.245 e. The van der Waals surface area contributed by atoms with Gasteiger partial charge in [0.05, 0.1) is 29.6 Å². The monoisotopic (exact) mass is 371 g/mol. The summed E-state index contributed by atoms with van der Waals surface area (Å²) in [5, 5.41) is 3.54. The third-order valence-electron chi connectivity index (χ3n) is 4.00. The Morgan fingerprint density at radius 2 is 2.20 bits per heavy atom. The van der Waals surface area contributed by atoms with Gasteiger partial charge in [-0.1, -0.05) is 23.5 Å². The number of hydrogen-bond donors (Lipinski definition) is 1. The van der Waals surface area contributed by atoms with Gasteiger partial charge in [0.15, 0.2) is 5.13 Å². The summed E-state index contributed by atoms with van der Waals surface area (Å²) in [5.41, 5.74) is 1.99. The lowest BCUT2D eigenvalue weighted by Crippen LogP contribution is -2.36. The number of ether oxygens (including phenoxy) is 1. The minimum atomic E-state index is -0.0484. The number of para-hydroxylation sites is 1. The van der Waals surface area contributed by atoms with E-state index in [9.17, 15) is 4.79 Å². The van der Waals surface area contributed by atoms with Crippen molar-refractivity contribution < 1.29 is 9.53 Å². The first-order valence-corrected chi connectivity index (χ1v) is 9.74. The minimum Gasteiger partial charge on any atom is -0.497 e. The zero-order valence-electron chi connectivity index (χ0n) is 13.7. The lowest BCUT2D eigenvalue weighted by Gasteiger charge is -2.29. The van der Waals surface area contributed by atoms with Crippen molar-refractivity contribution in [1.29, 1.82) is 0 Å². The highest BCUT2D eigenvalue weighted by atomic mass is 32.2. The molecule has 3 aromatic rings. The molecular formula is C18H17N3O2S2. The van der Waals surface area contributed by atoms with E-state index in [-0.39, 0.29) is 5.91 Å². The van der Waals surface area contributed by atoms with Crippen LogP contribution in [-0.2, 0) is 4.79 Å². The Morgan fingerprint density at radius 1 is 1.32 bits per heavy atom. The average Bonchev–Trinajstić information content (AvgIpc) is 3.03. The van der Waals surface area contributed by atoms with Crippen LogP contribution < -0.4 is 15.0 Å². The first-order valence-electron chi connectivity index (χ1n) is 7.94. The van der Waals surface area contributed by atoms with Crippen LogP contribution in [0.2, 0.25) is 0 Å². The van der Waals surface area contributed by atoms with Crippen molar-refractivity contribution in [3.8, 4) is 5.75 Å². The van der Waals surface area contributed by atoms with Crippen molar-refractivity contribution in [2.45, 2.75) is 4.90 Å². The van der Waals surface area contributed by atoms with Gasteiger partial charge in [-0.05, 0) is 30.3 Å². The second-order valence-electron chi connectivity index (χ2n) is 5.64. The fraction of sp³-hybridized carbons (Fsp3) is 0.222. The van der Waals surface area contributed by atoms with Crippen molar-refractivity contribution in [2.75, 3.05) is 36.2 Å². The van der Waals surface area contributed by atoms with Crippen molar-refractivity contribution in [2.24, 2.45) is 0 Å². The number of carbonyl (C=O) groups is 1. The van der Waals surface area contributed by atoms with Crippen LogP contribution in [0.5, 0.6) is 5.75 Å². The fourth-order valence-corrected chi connectivity index (χ4v) is 4.77. The normalized spacial score (nSPS) is 13.6. The number of methoxy groups -OCH3 is 1. The molecule has 0 unspecified atom stereocenters. The predicted molar refractivity (Wildman–Crippen MR) is 104 cm³/mol. The van der Waals surface area contributed by atoms with Crippen molar-refractivity contribution >= 4 is 50.0 Å². The third-order valence-corrected chi connectivity index (χ3v) is 5.98. The van der Waals surface area contributed by atoms with E-state index >= 15 is 0 Å². The second-order valence-corrected chi connectivity index (χ2v) is 7.81. The molecule has 0 saturated carbocycles. The largest absolute Gasteiger partial charge is 0.497 e. The van der Waals surface area contributed by atoms with Crippen molar-refractivity contribution in [1.82, 2.24) is 4.98 Å². The summed E-state index contributed by atoms with van der Waals surface area (Å²) in [5.74, 6) is 1.73. The van der Waals surface area contributed by atoms with E-state index < -0.39 is 0 Å². The van der Waals surface area contributed by atoms with Crippen LogP contribution in [0.3, 0.4) is 0 Å². The zero-order chi connectivity index (χ0) is 17.2. The van der Waals surface area contributed by atoms with Gasteiger partial charge >= 0.3 is 0 Å². The molecule has 0 fully saturated rings. The summed E-state index contributed by atoms with van der Waals surface area (Å²) >= 11 is 3.29. The molecule has 0 bridgehead atoms.